The minimum atomic E-state index is -0.998. The average molecular weight is 310 g/mol. The summed E-state index contributed by atoms with van der Waals surface area (Å²) in [4.78, 5) is 26.4. The Morgan fingerprint density at radius 1 is 1.13 bits per heavy atom. The van der Waals surface area contributed by atoms with Crippen molar-refractivity contribution in [2.24, 2.45) is 0 Å². The highest BCUT2D eigenvalue weighted by Crippen LogP contribution is 2.28. The van der Waals surface area contributed by atoms with Crippen molar-refractivity contribution >= 4 is 23.6 Å². The van der Waals surface area contributed by atoms with E-state index in [0.717, 1.165) is 36.9 Å². The van der Waals surface area contributed by atoms with Crippen LogP contribution in [-0.4, -0.2) is 22.0 Å². The van der Waals surface area contributed by atoms with E-state index in [1.165, 1.54) is 6.08 Å². The maximum Gasteiger partial charge on any atom is 0.352 e. The molecule has 1 heterocycles. The molecular formula is C18H18N2O3. The van der Waals surface area contributed by atoms with Crippen molar-refractivity contribution in [2.75, 3.05) is 5.32 Å². The fourth-order valence-corrected chi connectivity index (χ4v) is 2.93. The largest absolute Gasteiger partial charge is 0.477 e. The van der Waals surface area contributed by atoms with Gasteiger partial charge in [-0.3, -0.25) is 4.79 Å². The van der Waals surface area contributed by atoms with E-state index in [9.17, 15) is 14.7 Å². The van der Waals surface area contributed by atoms with Crippen molar-refractivity contribution in [3.8, 4) is 0 Å². The molecular weight excluding hydrogens is 292 g/mol. The maximum atomic E-state index is 12.0. The van der Waals surface area contributed by atoms with Crippen molar-refractivity contribution in [3.63, 3.8) is 0 Å². The van der Waals surface area contributed by atoms with E-state index in [0.29, 0.717) is 11.3 Å². The number of rotatable bonds is 4. The Morgan fingerprint density at radius 3 is 2.61 bits per heavy atom. The molecule has 1 aliphatic carbocycles. The van der Waals surface area contributed by atoms with Crippen LogP contribution in [0.4, 0.5) is 5.69 Å². The van der Waals surface area contributed by atoms with Gasteiger partial charge in [0.1, 0.15) is 5.69 Å². The molecule has 1 aromatic carbocycles. The van der Waals surface area contributed by atoms with E-state index >= 15 is 0 Å². The number of anilines is 1. The number of amides is 1. The van der Waals surface area contributed by atoms with Crippen LogP contribution in [0.3, 0.4) is 0 Å². The fourth-order valence-electron chi connectivity index (χ4n) is 2.93. The summed E-state index contributed by atoms with van der Waals surface area (Å²) in [6, 6.07) is 9.14. The molecule has 2 aromatic rings. The highest BCUT2D eigenvalue weighted by molar-refractivity contribution is 6.03. The summed E-state index contributed by atoms with van der Waals surface area (Å²) in [6.07, 6.45) is 6.80. The van der Waals surface area contributed by atoms with Gasteiger partial charge in [-0.2, -0.15) is 0 Å². The minimum Gasteiger partial charge on any atom is -0.477 e. The van der Waals surface area contributed by atoms with Crippen molar-refractivity contribution in [1.29, 1.82) is 0 Å². The lowest BCUT2D eigenvalue weighted by atomic mass is 9.94. The third-order valence-corrected chi connectivity index (χ3v) is 3.99. The molecule has 1 aliphatic rings. The van der Waals surface area contributed by atoms with Gasteiger partial charge in [-0.15, -0.1) is 0 Å². The number of carbonyl (C=O) groups is 2. The molecule has 0 aliphatic heterocycles. The molecule has 3 N–H and O–H groups in total. The Hall–Kier alpha value is -2.82. The third-order valence-electron chi connectivity index (χ3n) is 3.99. The van der Waals surface area contributed by atoms with Gasteiger partial charge in [0.15, 0.2) is 0 Å². The summed E-state index contributed by atoms with van der Waals surface area (Å²) in [6.45, 7) is 0. The van der Waals surface area contributed by atoms with Crippen molar-refractivity contribution in [2.45, 2.75) is 25.7 Å². The van der Waals surface area contributed by atoms with E-state index < -0.39 is 5.97 Å². The zero-order valence-corrected chi connectivity index (χ0v) is 12.6. The highest BCUT2D eigenvalue weighted by Gasteiger charge is 2.22. The standard InChI is InChI=1S/C18H18N2O3/c21-16(19-12-6-2-1-3-7-12)11-10-14-13-8-4-5-9-15(13)20-17(14)18(22)23/h1-3,6-7,10-11,20H,4-5,8-9H2,(H,19,21)(H,22,23)/b11-10+. The van der Waals surface area contributed by atoms with Crippen LogP contribution in [0.1, 0.15) is 40.2 Å². The normalized spacial score (nSPS) is 13.7. The molecule has 0 atom stereocenters. The van der Waals surface area contributed by atoms with Crippen LogP contribution in [0, 0.1) is 0 Å². The number of hydrogen-bond acceptors (Lipinski definition) is 2. The number of aryl methyl sites for hydroxylation is 1. The number of carboxylic acid groups (broad SMARTS) is 1. The molecule has 0 radical (unpaired) electrons. The van der Waals surface area contributed by atoms with Gasteiger partial charge in [0.2, 0.25) is 5.91 Å². The van der Waals surface area contributed by atoms with Gasteiger partial charge in [0.25, 0.3) is 0 Å². The number of aromatic carboxylic acids is 1. The molecule has 5 heteroatoms. The number of hydrogen-bond donors (Lipinski definition) is 3. The van der Waals surface area contributed by atoms with E-state index in [2.05, 4.69) is 10.3 Å². The number of carboxylic acids is 1. The molecule has 0 fully saturated rings. The second-order valence-electron chi connectivity index (χ2n) is 5.57. The zero-order valence-electron chi connectivity index (χ0n) is 12.6. The Morgan fingerprint density at radius 2 is 1.87 bits per heavy atom. The van der Waals surface area contributed by atoms with Crippen LogP contribution in [0.2, 0.25) is 0 Å². The summed E-state index contributed by atoms with van der Waals surface area (Å²) in [5.74, 6) is -1.28. The predicted molar refractivity (Wildman–Crippen MR) is 88.5 cm³/mol. The first kappa shape index (κ1) is 15.1. The van der Waals surface area contributed by atoms with Gasteiger partial charge in [-0.1, -0.05) is 18.2 Å². The van der Waals surface area contributed by atoms with Crippen molar-refractivity contribution in [1.82, 2.24) is 4.98 Å². The van der Waals surface area contributed by atoms with Crippen LogP contribution < -0.4 is 5.32 Å². The summed E-state index contributed by atoms with van der Waals surface area (Å²) < 4.78 is 0. The van der Waals surface area contributed by atoms with E-state index in [1.54, 1.807) is 18.2 Å². The van der Waals surface area contributed by atoms with E-state index in [4.69, 9.17) is 0 Å². The SMILES string of the molecule is O=C(/C=C/c1c(C(=O)O)[nH]c2c1CCCC2)Nc1ccccc1. The van der Waals surface area contributed by atoms with Gasteiger partial charge in [0, 0.05) is 23.0 Å². The molecule has 0 unspecified atom stereocenters. The first-order valence-corrected chi connectivity index (χ1v) is 7.66. The molecule has 5 nitrogen and oxygen atoms in total. The molecule has 1 aromatic heterocycles. The minimum absolute atomic E-state index is 0.167. The monoisotopic (exact) mass is 310 g/mol. The molecule has 3 rings (SSSR count). The van der Waals surface area contributed by atoms with Crippen LogP contribution in [-0.2, 0) is 17.6 Å². The predicted octanol–water partition coefficient (Wildman–Crippen LogP) is 3.24. The molecule has 0 bridgehead atoms. The number of fused-ring (bicyclic) bond motifs is 1. The molecule has 0 saturated heterocycles. The Kier molecular flexibility index (Phi) is 4.28. The summed E-state index contributed by atoms with van der Waals surface area (Å²) in [5, 5.41) is 12.1. The van der Waals surface area contributed by atoms with E-state index in [-0.39, 0.29) is 11.6 Å². The van der Waals surface area contributed by atoms with Crippen LogP contribution in [0.5, 0.6) is 0 Å². The summed E-state index contributed by atoms with van der Waals surface area (Å²) >= 11 is 0. The molecule has 0 saturated carbocycles. The van der Waals surface area contributed by atoms with E-state index in [1.807, 2.05) is 18.2 Å². The highest BCUT2D eigenvalue weighted by atomic mass is 16.4. The second kappa shape index (κ2) is 6.52. The Labute approximate surface area is 134 Å². The summed E-state index contributed by atoms with van der Waals surface area (Å²) in [7, 11) is 0. The third kappa shape index (κ3) is 3.34. The van der Waals surface area contributed by atoms with Gasteiger partial charge in [-0.05, 0) is 49.5 Å². The zero-order chi connectivity index (χ0) is 16.2. The number of aromatic nitrogens is 1. The molecule has 118 valence electrons. The first-order chi connectivity index (χ1) is 11.1. The fraction of sp³-hybridized carbons (Fsp3) is 0.222. The van der Waals surface area contributed by atoms with Gasteiger partial charge in [-0.25, -0.2) is 4.79 Å². The van der Waals surface area contributed by atoms with Gasteiger partial charge < -0.3 is 15.4 Å². The van der Waals surface area contributed by atoms with Crippen molar-refractivity contribution < 1.29 is 14.7 Å². The number of benzene rings is 1. The van der Waals surface area contributed by atoms with Crippen LogP contribution >= 0.6 is 0 Å². The van der Waals surface area contributed by atoms with Gasteiger partial charge >= 0.3 is 5.97 Å². The lowest BCUT2D eigenvalue weighted by Crippen LogP contribution is -2.08. The number of aromatic amines is 1. The molecule has 1 amide bonds. The lowest BCUT2D eigenvalue weighted by molar-refractivity contribution is -0.111. The van der Waals surface area contributed by atoms with Gasteiger partial charge in [0.05, 0.1) is 0 Å². The summed E-state index contributed by atoms with van der Waals surface area (Å²) in [5.41, 5.74) is 3.50. The quantitative estimate of drug-likeness (QED) is 0.758. The number of nitrogens with one attached hydrogen (secondary N) is 2. The van der Waals surface area contributed by atoms with Crippen molar-refractivity contribution in [3.05, 3.63) is 58.9 Å². The smallest absolute Gasteiger partial charge is 0.352 e. The molecule has 23 heavy (non-hydrogen) atoms. The van der Waals surface area contributed by atoms with Crippen LogP contribution in [0.25, 0.3) is 6.08 Å². The second-order valence-corrected chi connectivity index (χ2v) is 5.57. The number of para-hydroxylation sites is 1. The topological polar surface area (TPSA) is 82.2 Å². The Balaban J connectivity index is 1.82. The first-order valence-electron chi connectivity index (χ1n) is 7.66. The maximum absolute atomic E-state index is 12.0. The van der Waals surface area contributed by atoms with Crippen LogP contribution in [0.15, 0.2) is 36.4 Å². The average Bonchev–Trinajstić information content (AvgIpc) is 2.93. The Bertz CT molecular complexity index is 760. The lowest BCUT2D eigenvalue weighted by Gasteiger charge is -2.11. The molecule has 0 spiro atoms. The number of H-pyrrole nitrogens is 1. The number of carbonyl (C=O) groups excluding carboxylic acids is 1.